The number of rotatable bonds is 5. The minimum Gasteiger partial charge on any atom is -0.423 e. The molecule has 0 bridgehead atoms. The molecule has 2 aromatic carbocycles. The van der Waals surface area contributed by atoms with Gasteiger partial charge in [0.05, 0.1) is 5.69 Å². The molecule has 0 saturated carbocycles. The van der Waals surface area contributed by atoms with Crippen LogP contribution in [0.5, 0.6) is 5.75 Å². The molecular formula is C23H19NO2. The van der Waals surface area contributed by atoms with Gasteiger partial charge in [0.1, 0.15) is 5.75 Å². The number of carbonyl (C=O) groups is 1. The highest BCUT2D eigenvalue weighted by atomic mass is 16.5. The van der Waals surface area contributed by atoms with Crippen molar-refractivity contribution in [3.8, 4) is 5.75 Å². The van der Waals surface area contributed by atoms with E-state index in [0.717, 1.165) is 16.8 Å². The molecule has 3 nitrogen and oxygen atoms in total. The molecule has 3 rings (SSSR count). The van der Waals surface area contributed by atoms with Crippen molar-refractivity contribution in [2.75, 3.05) is 0 Å². The van der Waals surface area contributed by atoms with Crippen molar-refractivity contribution in [3.63, 3.8) is 0 Å². The number of nitrogens with zero attached hydrogens (tertiary/aromatic N) is 1. The Kier molecular flexibility index (Phi) is 5.73. The summed E-state index contributed by atoms with van der Waals surface area (Å²) in [5, 5.41) is 0. The van der Waals surface area contributed by atoms with E-state index in [1.54, 1.807) is 24.4 Å². The van der Waals surface area contributed by atoms with Gasteiger partial charge in [-0.25, -0.2) is 4.79 Å². The predicted octanol–water partition coefficient (Wildman–Crippen LogP) is 5.18. The second-order valence-electron chi connectivity index (χ2n) is 5.82. The highest BCUT2D eigenvalue weighted by Crippen LogP contribution is 2.15. The molecule has 0 spiro atoms. The Morgan fingerprint density at radius 3 is 2.23 bits per heavy atom. The van der Waals surface area contributed by atoms with Gasteiger partial charge in [0.2, 0.25) is 0 Å². The van der Waals surface area contributed by atoms with Crippen LogP contribution in [0.25, 0.3) is 18.2 Å². The van der Waals surface area contributed by atoms with Crippen LogP contribution in [0.3, 0.4) is 0 Å². The van der Waals surface area contributed by atoms with Crippen molar-refractivity contribution in [2.45, 2.75) is 6.92 Å². The maximum absolute atomic E-state index is 11.9. The first-order chi connectivity index (χ1) is 12.7. The number of benzene rings is 2. The van der Waals surface area contributed by atoms with Gasteiger partial charge in [0.25, 0.3) is 0 Å². The van der Waals surface area contributed by atoms with Crippen molar-refractivity contribution >= 4 is 24.2 Å². The molecule has 0 aliphatic heterocycles. The highest BCUT2D eigenvalue weighted by molar-refractivity contribution is 5.88. The van der Waals surface area contributed by atoms with Gasteiger partial charge in [-0.3, -0.25) is 4.98 Å². The zero-order valence-electron chi connectivity index (χ0n) is 14.5. The molecule has 0 radical (unpaired) electrons. The Bertz CT molecular complexity index is 909. The fraction of sp³-hybridized carbons (Fsp3) is 0.0435. The van der Waals surface area contributed by atoms with Crippen LogP contribution in [0.4, 0.5) is 0 Å². The summed E-state index contributed by atoms with van der Waals surface area (Å²) in [5.74, 6) is 0.112. The number of esters is 1. The lowest BCUT2D eigenvalue weighted by atomic mass is 10.1. The van der Waals surface area contributed by atoms with E-state index in [4.69, 9.17) is 4.74 Å². The third-order valence-corrected chi connectivity index (χ3v) is 3.72. The third kappa shape index (κ3) is 5.28. The summed E-state index contributed by atoms with van der Waals surface area (Å²) in [4.78, 5) is 16.2. The topological polar surface area (TPSA) is 39.2 Å². The summed E-state index contributed by atoms with van der Waals surface area (Å²) in [6, 6.07) is 21.0. The van der Waals surface area contributed by atoms with Gasteiger partial charge >= 0.3 is 5.97 Å². The van der Waals surface area contributed by atoms with E-state index in [9.17, 15) is 4.79 Å². The fourth-order valence-electron chi connectivity index (χ4n) is 2.30. The molecule has 0 fully saturated rings. The van der Waals surface area contributed by atoms with E-state index >= 15 is 0 Å². The van der Waals surface area contributed by atoms with Gasteiger partial charge < -0.3 is 4.74 Å². The summed E-state index contributed by atoms with van der Waals surface area (Å²) in [5.41, 5.74) is 4.04. The van der Waals surface area contributed by atoms with E-state index in [0.29, 0.717) is 5.75 Å². The number of carbonyl (C=O) groups excluding carboxylic acids is 1. The van der Waals surface area contributed by atoms with Crippen LogP contribution >= 0.6 is 0 Å². The molecular weight excluding hydrogens is 322 g/mol. The highest BCUT2D eigenvalue weighted by Gasteiger charge is 2.00. The molecule has 0 saturated heterocycles. The van der Waals surface area contributed by atoms with Crippen LogP contribution in [-0.4, -0.2) is 11.0 Å². The fourth-order valence-corrected chi connectivity index (χ4v) is 2.30. The van der Waals surface area contributed by atoms with Gasteiger partial charge in [0.15, 0.2) is 0 Å². The first kappa shape index (κ1) is 17.4. The molecule has 0 N–H and O–H groups in total. The predicted molar refractivity (Wildman–Crippen MR) is 105 cm³/mol. The van der Waals surface area contributed by atoms with Crippen molar-refractivity contribution in [1.29, 1.82) is 0 Å². The minimum atomic E-state index is -0.401. The Hall–Kier alpha value is -3.46. The van der Waals surface area contributed by atoms with Gasteiger partial charge in [-0.15, -0.1) is 0 Å². The van der Waals surface area contributed by atoms with E-state index < -0.39 is 5.97 Å². The molecule has 0 aliphatic carbocycles. The van der Waals surface area contributed by atoms with Crippen molar-refractivity contribution in [1.82, 2.24) is 4.98 Å². The van der Waals surface area contributed by atoms with Crippen molar-refractivity contribution in [2.24, 2.45) is 0 Å². The first-order valence-corrected chi connectivity index (χ1v) is 8.35. The van der Waals surface area contributed by atoms with Crippen LogP contribution in [0.2, 0.25) is 0 Å². The lowest BCUT2D eigenvalue weighted by Crippen LogP contribution is -2.03. The lowest BCUT2D eigenvalue weighted by molar-refractivity contribution is -0.128. The summed E-state index contributed by atoms with van der Waals surface area (Å²) in [6.45, 7) is 2.02. The zero-order chi connectivity index (χ0) is 18.2. The second kappa shape index (κ2) is 8.58. The summed E-state index contributed by atoms with van der Waals surface area (Å²) in [7, 11) is 0. The second-order valence-corrected chi connectivity index (χ2v) is 5.82. The average Bonchev–Trinajstić information content (AvgIpc) is 2.68. The van der Waals surface area contributed by atoms with Crippen molar-refractivity contribution in [3.05, 3.63) is 101 Å². The number of pyridine rings is 1. The van der Waals surface area contributed by atoms with E-state index in [2.05, 4.69) is 4.98 Å². The quantitative estimate of drug-likeness (QED) is 0.365. The third-order valence-electron chi connectivity index (χ3n) is 3.72. The number of ether oxygens (including phenoxy) is 1. The maximum Gasteiger partial charge on any atom is 0.336 e. The molecule has 3 aromatic rings. The number of hydrogen-bond donors (Lipinski definition) is 0. The molecule has 128 valence electrons. The van der Waals surface area contributed by atoms with Crippen LogP contribution in [0.1, 0.15) is 22.4 Å². The van der Waals surface area contributed by atoms with Crippen LogP contribution in [0.15, 0.2) is 79.0 Å². The van der Waals surface area contributed by atoms with E-state index in [-0.39, 0.29) is 0 Å². The Labute approximate surface area is 153 Å². The number of hydrogen-bond acceptors (Lipinski definition) is 3. The normalized spacial score (nSPS) is 11.1. The zero-order valence-corrected chi connectivity index (χ0v) is 14.5. The van der Waals surface area contributed by atoms with Crippen molar-refractivity contribution < 1.29 is 9.53 Å². The summed E-state index contributed by atoms with van der Waals surface area (Å²) < 4.78 is 5.32. The largest absolute Gasteiger partial charge is 0.423 e. The molecule has 1 aromatic heterocycles. The van der Waals surface area contributed by atoms with E-state index in [1.807, 2.05) is 73.7 Å². The van der Waals surface area contributed by atoms with Crippen LogP contribution in [-0.2, 0) is 4.79 Å². The number of aromatic nitrogens is 1. The summed E-state index contributed by atoms with van der Waals surface area (Å²) >= 11 is 0. The van der Waals surface area contributed by atoms with Crippen LogP contribution < -0.4 is 4.74 Å². The minimum absolute atomic E-state index is 0.401. The molecule has 0 atom stereocenters. The standard InChI is InChI=1S/C23H19NO2/c1-18-5-7-19(8-6-18)12-16-23(25)26-22-14-10-20(11-15-22)9-13-21-4-2-3-17-24-21/h2-17H,1H3/b13-9+,16-12+. The molecule has 0 aliphatic rings. The molecule has 1 heterocycles. The number of aryl methyl sites for hydroxylation is 1. The SMILES string of the molecule is Cc1ccc(/C=C/C(=O)Oc2ccc(/C=C/c3ccccn3)cc2)cc1. The van der Waals surface area contributed by atoms with Gasteiger partial charge in [0, 0.05) is 12.3 Å². The smallest absolute Gasteiger partial charge is 0.336 e. The Morgan fingerprint density at radius 1 is 0.846 bits per heavy atom. The maximum atomic E-state index is 11.9. The summed E-state index contributed by atoms with van der Waals surface area (Å²) in [6.07, 6.45) is 8.83. The average molecular weight is 341 g/mol. The van der Waals surface area contributed by atoms with E-state index in [1.165, 1.54) is 11.6 Å². The van der Waals surface area contributed by atoms with Gasteiger partial charge in [-0.2, -0.15) is 0 Å². The Morgan fingerprint density at radius 2 is 1.54 bits per heavy atom. The molecule has 0 amide bonds. The van der Waals surface area contributed by atoms with Gasteiger partial charge in [-0.1, -0.05) is 54.1 Å². The molecule has 3 heteroatoms. The van der Waals surface area contributed by atoms with Crippen LogP contribution in [0, 0.1) is 6.92 Å². The Balaban J connectivity index is 1.57. The first-order valence-electron chi connectivity index (χ1n) is 8.35. The lowest BCUT2D eigenvalue weighted by Gasteiger charge is -2.02. The molecule has 26 heavy (non-hydrogen) atoms. The molecule has 0 unspecified atom stereocenters. The monoisotopic (exact) mass is 341 g/mol. The van der Waals surface area contributed by atoms with Gasteiger partial charge in [-0.05, 0) is 54.5 Å².